The summed E-state index contributed by atoms with van der Waals surface area (Å²) in [5.41, 5.74) is 0. The van der Waals surface area contributed by atoms with Crippen molar-refractivity contribution in [3.05, 3.63) is 24.3 Å². The first-order valence-electron chi connectivity index (χ1n) is 5.07. The van der Waals surface area contributed by atoms with E-state index in [1.807, 2.05) is 38.2 Å². The van der Waals surface area contributed by atoms with Crippen LogP contribution >= 0.6 is 11.6 Å². The molecule has 0 aromatic carbocycles. The van der Waals surface area contributed by atoms with E-state index < -0.39 is 5.13 Å². The minimum absolute atomic E-state index is 0.0925. The molecule has 0 spiro atoms. The highest BCUT2D eigenvalue weighted by Gasteiger charge is 2.32. The first-order chi connectivity index (χ1) is 6.44. The maximum atomic E-state index is 13.8. The van der Waals surface area contributed by atoms with Crippen LogP contribution in [0.4, 0.5) is 4.39 Å². The minimum Gasteiger partial charge on any atom is -0.226 e. The first-order valence-corrected chi connectivity index (χ1v) is 5.45. The normalized spacial score (nSPS) is 19.4. The summed E-state index contributed by atoms with van der Waals surface area (Å²) in [6.07, 6.45) is 8.13. The molecule has 14 heavy (non-hydrogen) atoms. The van der Waals surface area contributed by atoms with Crippen LogP contribution in [0.25, 0.3) is 0 Å². The number of hydrogen-bond acceptors (Lipinski definition) is 0. The summed E-state index contributed by atoms with van der Waals surface area (Å²) in [6, 6.07) is 0. The lowest BCUT2D eigenvalue weighted by Gasteiger charge is -2.24. The maximum absolute atomic E-state index is 13.8. The van der Waals surface area contributed by atoms with Crippen LogP contribution in [0, 0.1) is 11.8 Å². The molecule has 0 aromatic rings. The lowest BCUT2D eigenvalue weighted by atomic mass is 9.94. The second kappa shape index (κ2) is 6.23. The zero-order valence-corrected chi connectivity index (χ0v) is 10.2. The topological polar surface area (TPSA) is 0 Å². The first kappa shape index (κ1) is 13.7. The van der Waals surface area contributed by atoms with Gasteiger partial charge < -0.3 is 0 Å². The molecule has 0 heterocycles. The van der Waals surface area contributed by atoms with Crippen LogP contribution < -0.4 is 0 Å². The molecule has 0 saturated heterocycles. The van der Waals surface area contributed by atoms with Crippen molar-refractivity contribution in [2.75, 3.05) is 0 Å². The zero-order chi connectivity index (χ0) is 11.2. The molecular weight excluding hydrogens is 199 g/mol. The van der Waals surface area contributed by atoms with Crippen molar-refractivity contribution >= 4 is 11.6 Å². The molecule has 0 nitrogen and oxygen atoms in total. The van der Waals surface area contributed by atoms with Crippen molar-refractivity contribution in [3.63, 3.8) is 0 Å². The third-order valence-corrected chi connectivity index (χ3v) is 2.82. The predicted molar refractivity (Wildman–Crippen MR) is 62.3 cm³/mol. The van der Waals surface area contributed by atoms with Gasteiger partial charge in [0.1, 0.15) is 0 Å². The van der Waals surface area contributed by atoms with Gasteiger partial charge in [-0.25, -0.2) is 4.39 Å². The highest BCUT2D eigenvalue weighted by atomic mass is 35.5. The summed E-state index contributed by atoms with van der Waals surface area (Å²) in [5.74, 6) is -0.0721. The third-order valence-electron chi connectivity index (χ3n) is 2.23. The van der Waals surface area contributed by atoms with Gasteiger partial charge in [0.2, 0.25) is 0 Å². The quantitative estimate of drug-likeness (QED) is 0.463. The van der Waals surface area contributed by atoms with Gasteiger partial charge in [0, 0.05) is 12.3 Å². The molecule has 0 saturated carbocycles. The van der Waals surface area contributed by atoms with Gasteiger partial charge in [0.15, 0.2) is 5.13 Å². The lowest BCUT2D eigenvalue weighted by Crippen LogP contribution is -2.24. The highest BCUT2D eigenvalue weighted by Crippen LogP contribution is 2.34. The Morgan fingerprint density at radius 1 is 1.21 bits per heavy atom. The Bertz CT molecular complexity index is 192. The predicted octanol–water partition coefficient (Wildman–Crippen LogP) is 4.71. The van der Waals surface area contributed by atoms with E-state index in [-0.39, 0.29) is 11.8 Å². The maximum Gasteiger partial charge on any atom is 0.186 e. The Morgan fingerprint density at radius 3 is 1.93 bits per heavy atom. The monoisotopic (exact) mass is 218 g/mol. The standard InChI is InChI=1S/C12H20ClF/c1-5-7-11(8-6-2)9-12(13,14)10(3)4/h5-8,10-11H,9H2,1-4H3. The number of alkyl halides is 2. The van der Waals surface area contributed by atoms with Gasteiger partial charge in [0.25, 0.3) is 0 Å². The molecule has 0 bridgehead atoms. The average Bonchev–Trinajstić information content (AvgIpc) is 2.04. The van der Waals surface area contributed by atoms with E-state index in [0.29, 0.717) is 6.42 Å². The van der Waals surface area contributed by atoms with Crippen molar-refractivity contribution < 1.29 is 4.39 Å². The average molecular weight is 219 g/mol. The molecule has 0 rings (SSSR count). The van der Waals surface area contributed by atoms with Gasteiger partial charge in [-0.15, -0.1) is 0 Å². The largest absolute Gasteiger partial charge is 0.226 e. The van der Waals surface area contributed by atoms with Crippen LogP contribution in [0.15, 0.2) is 24.3 Å². The Hall–Kier alpha value is -0.300. The summed E-state index contributed by atoms with van der Waals surface area (Å²) < 4.78 is 13.8. The van der Waals surface area contributed by atoms with E-state index in [2.05, 4.69) is 0 Å². The summed E-state index contributed by atoms with van der Waals surface area (Å²) >= 11 is 5.80. The van der Waals surface area contributed by atoms with Crippen molar-refractivity contribution in [1.29, 1.82) is 0 Å². The third kappa shape index (κ3) is 4.80. The van der Waals surface area contributed by atoms with Gasteiger partial charge in [-0.3, -0.25) is 0 Å². The molecule has 1 unspecified atom stereocenters. The van der Waals surface area contributed by atoms with Crippen LogP contribution in [0.5, 0.6) is 0 Å². The van der Waals surface area contributed by atoms with Crippen molar-refractivity contribution in [1.82, 2.24) is 0 Å². The Kier molecular flexibility index (Phi) is 6.10. The molecule has 82 valence electrons. The van der Waals surface area contributed by atoms with Gasteiger partial charge >= 0.3 is 0 Å². The molecule has 0 aliphatic carbocycles. The summed E-state index contributed by atoms with van der Waals surface area (Å²) in [6.45, 7) is 7.46. The Balaban J connectivity index is 4.43. The molecule has 0 aliphatic rings. The molecule has 2 heteroatoms. The molecule has 0 aromatic heterocycles. The van der Waals surface area contributed by atoms with Gasteiger partial charge in [-0.2, -0.15) is 0 Å². The lowest BCUT2D eigenvalue weighted by molar-refractivity contribution is 0.179. The summed E-state index contributed by atoms with van der Waals surface area (Å²) in [5, 5.41) is -1.61. The number of halogens is 2. The van der Waals surface area contributed by atoms with E-state index in [0.717, 1.165) is 0 Å². The Labute approximate surface area is 91.8 Å². The minimum atomic E-state index is -1.61. The van der Waals surface area contributed by atoms with E-state index in [1.54, 1.807) is 13.8 Å². The SMILES string of the molecule is CC=CC(C=CC)CC(F)(Cl)C(C)C. The van der Waals surface area contributed by atoms with Gasteiger partial charge in [-0.1, -0.05) is 49.8 Å². The molecule has 0 amide bonds. The summed E-state index contributed by atoms with van der Waals surface area (Å²) in [7, 11) is 0. The highest BCUT2D eigenvalue weighted by molar-refractivity contribution is 6.23. The number of hydrogen-bond donors (Lipinski definition) is 0. The summed E-state index contributed by atoms with van der Waals surface area (Å²) in [4.78, 5) is 0. The van der Waals surface area contributed by atoms with Crippen molar-refractivity contribution in [2.24, 2.45) is 11.8 Å². The van der Waals surface area contributed by atoms with Crippen LogP contribution in [0.2, 0.25) is 0 Å². The van der Waals surface area contributed by atoms with Crippen LogP contribution in [-0.2, 0) is 0 Å². The van der Waals surface area contributed by atoms with Crippen LogP contribution in [0.3, 0.4) is 0 Å². The fourth-order valence-electron chi connectivity index (χ4n) is 1.24. The molecule has 0 aliphatic heterocycles. The molecule has 0 fully saturated rings. The van der Waals surface area contributed by atoms with E-state index in [4.69, 9.17) is 11.6 Å². The van der Waals surface area contributed by atoms with Crippen molar-refractivity contribution in [3.8, 4) is 0 Å². The smallest absolute Gasteiger partial charge is 0.186 e. The van der Waals surface area contributed by atoms with Crippen LogP contribution in [0.1, 0.15) is 34.1 Å². The Morgan fingerprint density at radius 2 is 1.64 bits per heavy atom. The zero-order valence-electron chi connectivity index (χ0n) is 9.43. The molecule has 0 radical (unpaired) electrons. The fourth-order valence-corrected chi connectivity index (χ4v) is 1.42. The number of rotatable bonds is 5. The van der Waals surface area contributed by atoms with Crippen molar-refractivity contribution in [2.45, 2.75) is 39.2 Å². The molecular formula is C12H20ClF. The molecule has 1 atom stereocenters. The van der Waals surface area contributed by atoms with Gasteiger partial charge in [-0.05, 0) is 19.8 Å². The van der Waals surface area contributed by atoms with Crippen LogP contribution in [-0.4, -0.2) is 5.13 Å². The van der Waals surface area contributed by atoms with Gasteiger partial charge in [0.05, 0.1) is 0 Å². The van der Waals surface area contributed by atoms with E-state index >= 15 is 0 Å². The number of allylic oxidation sites excluding steroid dienone is 4. The second-order valence-electron chi connectivity index (χ2n) is 3.84. The van der Waals surface area contributed by atoms with E-state index in [9.17, 15) is 4.39 Å². The van der Waals surface area contributed by atoms with E-state index in [1.165, 1.54) is 0 Å². The molecule has 0 N–H and O–H groups in total. The fraction of sp³-hybridized carbons (Fsp3) is 0.667. The second-order valence-corrected chi connectivity index (χ2v) is 4.46.